The molecule has 0 atom stereocenters. The molecule has 1 saturated heterocycles. The maximum atomic E-state index is 11.5. The maximum absolute atomic E-state index is 11.5. The van der Waals surface area contributed by atoms with Gasteiger partial charge in [0.15, 0.2) is 5.82 Å². The van der Waals surface area contributed by atoms with Crippen molar-refractivity contribution in [3.8, 4) is 11.4 Å². The summed E-state index contributed by atoms with van der Waals surface area (Å²) in [5, 5.41) is 15.7. The highest BCUT2D eigenvalue weighted by molar-refractivity contribution is 5.63. The number of rotatable bonds is 3. The van der Waals surface area contributed by atoms with Gasteiger partial charge < -0.3 is 10.0 Å². The Balaban J connectivity index is 1.84. The zero-order chi connectivity index (χ0) is 14.8. The number of hydrogen-bond acceptors (Lipinski definition) is 4. The van der Waals surface area contributed by atoms with Gasteiger partial charge in [-0.25, -0.2) is 9.89 Å². The number of hydrogen-bond donors (Lipinski definition) is 2. The van der Waals surface area contributed by atoms with Crippen LogP contribution in [-0.2, 0) is 7.05 Å². The Labute approximate surface area is 123 Å². The summed E-state index contributed by atoms with van der Waals surface area (Å²) >= 11 is 0. The highest BCUT2D eigenvalue weighted by Gasteiger charge is 2.19. The first-order valence-corrected chi connectivity index (χ1v) is 7.26. The van der Waals surface area contributed by atoms with Gasteiger partial charge in [-0.3, -0.25) is 4.57 Å². The van der Waals surface area contributed by atoms with Crippen LogP contribution in [0.5, 0.6) is 0 Å². The van der Waals surface area contributed by atoms with Crippen molar-refractivity contribution >= 4 is 5.69 Å². The van der Waals surface area contributed by atoms with Crippen molar-refractivity contribution in [3.05, 3.63) is 34.7 Å². The van der Waals surface area contributed by atoms with Gasteiger partial charge in [0.2, 0.25) is 0 Å². The van der Waals surface area contributed by atoms with Crippen molar-refractivity contribution in [2.75, 3.05) is 24.6 Å². The Morgan fingerprint density at radius 2 is 2.14 bits per heavy atom. The Morgan fingerprint density at radius 1 is 1.38 bits per heavy atom. The summed E-state index contributed by atoms with van der Waals surface area (Å²) in [6, 6.07) is 8.09. The summed E-state index contributed by atoms with van der Waals surface area (Å²) in [4.78, 5) is 13.8. The number of aromatic nitrogens is 3. The van der Waals surface area contributed by atoms with E-state index in [-0.39, 0.29) is 12.3 Å². The number of aliphatic hydroxyl groups excluding tert-OH is 1. The largest absolute Gasteiger partial charge is 0.396 e. The minimum atomic E-state index is -0.209. The average molecular weight is 288 g/mol. The molecule has 0 radical (unpaired) electrons. The lowest BCUT2D eigenvalue weighted by atomic mass is 9.97. The van der Waals surface area contributed by atoms with Crippen LogP contribution in [0.25, 0.3) is 11.4 Å². The van der Waals surface area contributed by atoms with E-state index in [0.29, 0.717) is 11.7 Å². The van der Waals surface area contributed by atoms with Crippen LogP contribution in [0.4, 0.5) is 5.69 Å². The first kappa shape index (κ1) is 13.9. The first-order chi connectivity index (χ1) is 10.2. The monoisotopic (exact) mass is 288 g/mol. The van der Waals surface area contributed by atoms with E-state index in [1.54, 1.807) is 7.05 Å². The van der Waals surface area contributed by atoms with Crippen molar-refractivity contribution in [1.29, 1.82) is 0 Å². The number of aromatic amines is 1. The van der Waals surface area contributed by atoms with Gasteiger partial charge >= 0.3 is 5.69 Å². The Bertz CT molecular complexity index is 668. The zero-order valence-corrected chi connectivity index (χ0v) is 12.1. The summed E-state index contributed by atoms with van der Waals surface area (Å²) < 4.78 is 1.51. The number of piperidine rings is 1. The Hall–Kier alpha value is -2.08. The highest BCUT2D eigenvalue weighted by Crippen LogP contribution is 2.26. The molecule has 0 unspecified atom stereocenters. The van der Waals surface area contributed by atoms with Crippen LogP contribution in [0.1, 0.15) is 12.8 Å². The van der Waals surface area contributed by atoms with Crippen LogP contribution >= 0.6 is 0 Å². The van der Waals surface area contributed by atoms with Gasteiger partial charge in [0, 0.05) is 38.0 Å². The lowest BCUT2D eigenvalue weighted by Gasteiger charge is -2.33. The lowest BCUT2D eigenvalue weighted by molar-refractivity contribution is 0.203. The van der Waals surface area contributed by atoms with E-state index in [4.69, 9.17) is 0 Å². The van der Waals surface area contributed by atoms with E-state index >= 15 is 0 Å². The SMILES string of the molecule is Cn1c(-c2cccc(N3CCC(CO)CC3)c2)n[nH]c1=O. The van der Waals surface area contributed by atoms with E-state index in [0.717, 1.165) is 37.2 Å². The van der Waals surface area contributed by atoms with Crippen molar-refractivity contribution in [2.24, 2.45) is 13.0 Å². The van der Waals surface area contributed by atoms with Crippen molar-refractivity contribution in [1.82, 2.24) is 14.8 Å². The molecule has 112 valence electrons. The lowest BCUT2D eigenvalue weighted by Crippen LogP contribution is -2.34. The van der Waals surface area contributed by atoms with Crippen LogP contribution in [-0.4, -0.2) is 39.6 Å². The molecular formula is C15H20N4O2. The second-order valence-corrected chi connectivity index (χ2v) is 5.57. The normalized spacial score (nSPS) is 16.4. The highest BCUT2D eigenvalue weighted by atomic mass is 16.3. The molecule has 0 bridgehead atoms. The van der Waals surface area contributed by atoms with Gasteiger partial charge in [0.05, 0.1) is 0 Å². The third-order valence-corrected chi connectivity index (χ3v) is 4.22. The van der Waals surface area contributed by atoms with Gasteiger partial charge in [-0.15, -0.1) is 0 Å². The predicted octanol–water partition coefficient (Wildman–Crippen LogP) is 0.984. The number of benzene rings is 1. The van der Waals surface area contributed by atoms with Crippen LogP contribution in [0.15, 0.2) is 29.1 Å². The number of H-pyrrole nitrogens is 1. The predicted molar refractivity (Wildman–Crippen MR) is 81.3 cm³/mol. The minimum Gasteiger partial charge on any atom is -0.396 e. The molecule has 2 heterocycles. The minimum absolute atomic E-state index is 0.209. The molecule has 2 aromatic rings. The molecule has 0 amide bonds. The van der Waals surface area contributed by atoms with Gasteiger partial charge in [-0.05, 0) is 30.9 Å². The molecule has 6 heteroatoms. The Kier molecular flexibility index (Phi) is 3.79. The number of nitrogens with one attached hydrogen (secondary N) is 1. The van der Waals surface area contributed by atoms with Crippen LogP contribution in [0, 0.1) is 5.92 Å². The fourth-order valence-electron chi connectivity index (χ4n) is 2.82. The number of anilines is 1. The molecule has 3 rings (SSSR count). The molecule has 2 N–H and O–H groups in total. The molecule has 0 saturated carbocycles. The van der Waals surface area contributed by atoms with Gasteiger partial charge in [-0.1, -0.05) is 12.1 Å². The fraction of sp³-hybridized carbons (Fsp3) is 0.467. The summed E-state index contributed by atoms with van der Waals surface area (Å²) in [5.41, 5.74) is 1.86. The molecule has 21 heavy (non-hydrogen) atoms. The second-order valence-electron chi connectivity index (χ2n) is 5.57. The average Bonchev–Trinajstić information content (AvgIpc) is 2.87. The molecule has 6 nitrogen and oxygen atoms in total. The standard InChI is InChI=1S/C15H20N4O2/c1-18-14(16-17-15(18)21)12-3-2-4-13(9-12)19-7-5-11(10-20)6-8-19/h2-4,9,11,20H,5-8,10H2,1H3,(H,17,21). The molecule has 0 aliphatic carbocycles. The molecular weight excluding hydrogens is 268 g/mol. The molecule has 1 aromatic heterocycles. The first-order valence-electron chi connectivity index (χ1n) is 7.26. The summed E-state index contributed by atoms with van der Waals surface area (Å²) in [6.45, 7) is 2.19. The van der Waals surface area contributed by atoms with Crippen LogP contribution in [0.3, 0.4) is 0 Å². The van der Waals surface area contributed by atoms with Gasteiger partial charge in [0.1, 0.15) is 0 Å². The van der Waals surface area contributed by atoms with E-state index in [9.17, 15) is 9.90 Å². The van der Waals surface area contributed by atoms with Gasteiger partial charge in [0.25, 0.3) is 0 Å². The van der Waals surface area contributed by atoms with E-state index in [1.807, 2.05) is 12.1 Å². The molecule has 1 fully saturated rings. The van der Waals surface area contributed by atoms with E-state index < -0.39 is 0 Å². The molecule has 0 spiro atoms. The van der Waals surface area contributed by atoms with Crippen molar-refractivity contribution in [3.63, 3.8) is 0 Å². The third-order valence-electron chi connectivity index (χ3n) is 4.22. The molecule has 1 aromatic carbocycles. The summed E-state index contributed by atoms with van der Waals surface area (Å²) in [5.74, 6) is 1.07. The number of nitrogens with zero attached hydrogens (tertiary/aromatic N) is 3. The maximum Gasteiger partial charge on any atom is 0.343 e. The topological polar surface area (TPSA) is 74.2 Å². The molecule has 1 aliphatic heterocycles. The van der Waals surface area contributed by atoms with Crippen molar-refractivity contribution in [2.45, 2.75) is 12.8 Å². The third kappa shape index (κ3) is 2.71. The van der Waals surface area contributed by atoms with Crippen LogP contribution in [0.2, 0.25) is 0 Å². The van der Waals surface area contributed by atoms with E-state index in [2.05, 4.69) is 27.2 Å². The summed E-state index contributed by atoms with van der Waals surface area (Å²) in [7, 11) is 1.71. The quantitative estimate of drug-likeness (QED) is 0.883. The van der Waals surface area contributed by atoms with Crippen molar-refractivity contribution < 1.29 is 5.11 Å². The summed E-state index contributed by atoms with van der Waals surface area (Å²) in [6.07, 6.45) is 2.03. The fourth-order valence-corrected chi connectivity index (χ4v) is 2.82. The van der Waals surface area contributed by atoms with Crippen LogP contribution < -0.4 is 10.6 Å². The van der Waals surface area contributed by atoms with E-state index in [1.165, 1.54) is 4.57 Å². The second kappa shape index (κ2) is 5.73. The van der Waals surface area contributed by atoms with Gasteiger partial charge in [-0.2, -0.15) is 5.10 Å². The molecule has 1 aliphatic rings. The Morgan fingerprint density at radius 3 is 2.76 bits per heavy atom. The number of aliphatic hydroxyl groups is 1. The smallest absolute Gasteiger partial charge is 0.343 e. The zero-order valence-electron chi connectivity index (χ0n) is 12.1.